The molecule has 0 radical (unpaired) electrons. The summed E-state index contributed by atoms with van der Waals surface area (Å²) in [6, 6.07) is 11.8. The quantitative estimate of drug-likeness (QED) is 0.818. The number of hydrogen-bond donors (Lipinski definition) is 1. The first kappa shape index (κ1) is 17.0. The van der Waals surface area contributed by atoms with Crippen LogP contribution >= 0.6 is 0 Å². The molecule has 0 bridgehead atoms. The van der Waals surface area contributed by atoms with E-state index in [2.05, 4.69) is 38.2 Å². The SMILES string of the molecule is CC[Si](CC)(CC)c1ccccc1C(=O)NC(C)(C)C. The summed E-state index contributed by atoms with van der Waals surface area (Å²) in [7, 11) is -1.54. The van der Waals surface area contributed by atoms with Gasteiger partial charge in [0.1, 0.15) is 0 Å². The Kier molecular flexibility index (Phi) is 5.57. The van der Waals surface area contributed by atoms with E-state index >= 15 is 0 Å². The van der Waals surface area contributed by atoms with Gasteiger partial charge in [-0.3, -0.25) is 4.79 Å². The van der Waals surface area contributed by atoms with Gasteiger partial charge >= 0.3 is 0 Å². The van der Waals surface area contributed by atoms with E-state index < -0.39 is 8.07 Å². The first-order valence-corrected chi connectivity index (χ1v) is 10.3. The highest BCUT2D eigenvalue weighted by Crippen LogP contribution is 2.22. The summed E-state index contributed by atoms with van der Waals surface area (Å²) in [4.78, 5) is 12.6. The minimum absolute atomic E-state index is 0.0697. The molecule has 0 saturated heterocycles. The lowest BCUT2D eigenvalue weighted by molar-refractivity contribution is 0.0920. The maximum Gasteiger partial charge on any atom is 0.251 e. The molecule has 0 aliphatic carbocycles. The fourth-order valence-electron chi connectivity index (χ4n) is 2.87. The van der Waals surface area contributed by atoms with Gasteiger partial charge in [0.2, 0.25) is 0 Å². The monoisotopic (exact) mass is 291 g/mol. The van der Waals surface area contributed by atoms with E-state index in [1.807, 2.05) is 32.9 Å². The van der Waals surface area contributed by atoms with Crippen molar-refractivity contribution in [2.24, 2.45) is 0 Å². The summed E-state index contributed by atoms with van der Waals surface area (Å²) in [5.41, 5.74) is 0.693. The van der Waals surface area contributed by atoms with Crippen LogP contribution in [0.4, 0.5) is 0 Å². The Morgan fingerprint density at radius 1 is 1.05 bits per heavy atom. The van der Waals surface area contributed by atoms with Crippen LogP contribution in [0, 0.1) is 0 Å². The van der Waals surface area contributed by atoms with Gasteiger partial charge in [-0.05, 0) is 32.0 Å². The molecule has 1 aromatic rings. The van der Waals surface area contributed by atoms with Crippen LogP contribution in [0.1, 0.15) is 51.9 Å². The molecular weight excluding hydrogens is 262 g/mol. The van der Waals surface area contributed by atoms with Crippen molar-refractivity contribution < 1.29 is 4.79 Å². The van der Waals surface area contributed by atoms with Crippen molar-refractivity contribution in [1.82, 2.24) is 5.32 Å². The molecule has 0 heterocycles. The average Bonchev–Trinajstić information content (AvgIpc) is 2.40. The highest BCUT2D eigenvalue weighted by Gasteiger charge is 2.33. The Hall–Kier alpha value is -1.09. The predicted molar refractivity (Wildman–Crippen MR) is 90.5 cm³/mol. The molecule has 0 aliphatic heterocycles. The number of carbonyl (C=O) groups is 1. The van der Waals surface area contributed by atoms with Gasteiger partial charge in [-0.1, -0.05) is 57.1 Å². The molecule has 1 rings (SSSR count). The zero-order valence-corrected chi connectivity index (χ0v) is 14.8. The summed E-state index contributed by atoms with van der Waals surface area (Å²) in [6.07, 6.45) is 0. The first-order chi connectivity index (χ1) is 9.29. The van der Waals surface area contributed by atoms with Gasteiger partial charge in [-0.25, -0.2) is 0 Å². The maximum absolute atomic E-state index is 12.6. The van der Waals surface area contributed by atoms with Crippen LogP contribution < -0.4 is 10.5 Å². The standard InChI is InChI=1S/C17H29NOSi/c1-7-20(8-2,9-3)15-13-11-10-12-14(15)16(19)18-17(4,5)6/h10-13H,7-9H2,1-6H3,(H,18,19). The molecule has 112 valence electrons. The molecule has 0 aliphatic rings. The lowest BCUT2D eigenvalue weighted by atomic mass is 10.1. The minimum Gasteiger partial charge on any atom is -0.347 e. The van der Waals surface area contributed by atoms with E-state index in [-0.39, 0.29) is 11.4 Å². The molecule has 0 atom stereocenters. The van der Waals surface area contributed by atoms with Crippen molar-refractivity contribution in [1.29, 1.82) is 0 Å². The third-order valence-electron chi connectivity index (χ3n) is 4.26. The molecule has 0 fully saturated rings. The van der Waals surface area contributed by atoms with Gasteiger partial charge in [-0.15, -0.1) is 0 Å². The van der Waals surface area contributed by atoms with Crippen LogP contribution in [0.5, 0.6) is 0 Å². The zero-order valence-electron chi connectivity index (χ0n) is 13.8. The van der Waals surface area contributed by atoms with Crippen LogP contribution in [-0.2, 0) is 0 Å². The molecule has 2 nitrogen and oxygen atoms in total. The van der Waals surface area contributed by atoms with Crippen molar-refractivity contribution in [2.75, 3.05) is 0 Å². The van der Waals surface area contributed by atoms with Crippen LogP contribution in [0.25, 0.3) is 0 Å². The lowest BCUT2D eigenvalue weighted by Crippen LogP contribution is -2.51. The van der Waals surface area contributed by atoms with Gasteiger partial charge in [0.05, 0.1) is 8.07 Å². The van der Waals surface area contributed by atoms with Gasteiger partial charge in [0.25, 0.3) is 5.91 Å². The van der Waals surface area contributed by atoms with Gasteiger partial charge < -0.3 is 5.32 Å². The van der Waals surface area contributed by atoms with Crippen LogP contribution in [0.3, 0.4) is 0 Å². The molecule has 3 heteroatoms. The maximum atomic E-state index is 12.6. The summed E-state index contributed by atoms with van der Waals surface area (Å²) in [5, 5.41) is 4.43. The first-order valence-electron chi connectivity index (χ1n) is 7.71. The van der Waals surface area contributed by atoms with E-state index in [4.69, 9.17) is 0 Å². The number of nitrogens with one attached hydrogen (secondary N) is 1. The number of amides is 1. The Labute approximate surface area is 125 Å². The third-order valence-corrected chi connectivity index (χ3v) is 9.90. The van der Waals surface area contributed by atoms with E-state index in [0.717, 1.165) is 5.56 Å². The Morgan fingerprint density at radius 3 is 2.00 bits per heavy atom. The second-order valence-corrected chi connectivity index (χ2v) is 11.8. The second-order valence-electron chi connectivity index (χ2n) is 6.59. The van der Waals surface area contributed by atoms with E-state index in [9.17, 15) is 4.79 Å². The molecule has 1 amide bonds. The normalized spacial score (nSPS) is 12.3. The molecular formula is C17H29NOSi. The summed E-state index contributed by atoms with van der Waals surface area (Å²) >= 11 is 0. The number of benzene rings is 1. The molecule has 1 aromatic carbocycles. The largest absolute Gasteiger partial charge is 0.347 e. The van der Waals surface area contributed by atoms with Crippen molar-refractivity contribution in [2.45, 2.75) is 65.2 Å². The summed E-state index contributed by atoms with van der Waals surface area (Å²) in [6.45, 7) is 12.9. The molecule has 0 unspecified atom stereocenters. The molecule has 1 N–H and O–H groups in total. The highest BCUT2D eigenvalue weighted by molar-refractivity contribution is 6.92. The second kappa shape index (κ2) is 6.57. The number of hydrogen-bond acceptors (Lipinski definition) is 1. The number of rotatable bonds is 5. The Bertz CT molecular complexity index is 450. The van der Waals surface area contributed by atoms with Crippen LogP contribution in [0.15, 0.2) is 24.3 Å². The molecule has 20 heavy (non-hydrogen) atoms. The van der Waals surface area contributed by atoms with E-state index in [1.54, 1.807) is 0 Å². The van der Waals surface area contributed by atoms with Gasteiger partial charge in [0.15, 0.2) is 0 Å². The van der Waals surface area contributed by atoms with Crippen molar-refractivity contribution >= 4 is 19.2 Å². The molecule has 0 aromatic heterocycles. The minimum atomic E-state index is -1.54. The number of carbonyl (C=O) groups excluding carboxylic acids is 1. The fraction of sp³-hybridized carbons (Fsp3) is 0.588. The summed E-state index contributed by atoms with van der Waals surface area (Å²) in [5.74, 6) is 0.0697. The van der Waals surface area contributed by atoms with Gasteiger partial charge in [0, 0.05) is 11.1 Å². The van der Waals surface area contributed by atoms with Crippen LogP contribution in [-0.4, -0.2) is 19.5 Å². The van der Waals surface area contributed by atoms with Crippen molar-refractivity contribution in [3.8, 4) is 0 Å². The van der Waals surface area contributed by atoms with Gasteiger partial charge in [-0.2, -0.15) is 0 Å². The molecule has 0 spiro atoms. The smallest absolute Gasteiger partial charge is 0.251 e. The van der Waals surface area contributed by atoms with E-state index in [0.29, 0.717) is 0 Å². The lowest BCUT2D eigenvalue weighted by Gasteiger charge is -2.31. The zero-order chi connectivity index (χ0) is 15.4. The predicted octanol–water partition coefficient (Wildman–Crippen LogP) is 3.93. The molecule has 0 saturated carbocycles. The van der Waals surface area contributed by atoms with Crippen molar-refractivity contribution in [3.05, 3.63) is 29.8 Å². The average molecular weight is 292 g/mol. The Balaban J connectivity index is 3.26. The van der Waals surface area contributed by atoms with E-state index in [1.165, 1.54) is 23.3 Å². The topological polar surface area (TPSA) is 29.1 Å². The Morgan fingerprint density at radius 2 is 1.55 bits per heavy atom. The highest BCUT2D eigenvalue weighted by atomic mass is 28.3. The third kappa shape index (κ3) is 3.72. The van der Waals surface area contributed by atoms with Crippen molar-refractivity contribution in [3.63, 3.8) is 0 Å². The van der Waals surface area contributed by atoms with Crippen LogP contribution in [0.2, 0.25) is 18.1 Å². The fourth-order valence-corrected chi connectivity index (χ4v) is 6.73. The summed E-state index contributed by atoms with van der Waals surface area (Å²) < 4.78 is 0.